The smallest absolute Gasteiger partial charge is 0.339 e. The van der Waals surface area contributed by atoms with Crippen LogP contribution in [0.5, 0.6) is 17.2 Å². The molecule has 1 fully saturated rings. The predicted octanol–water partition coefficient (Wildman–Crippen LogP) is 5.60. The number of carbonyl (C=O) groups excluding carboxylic acids is 2. The second-order valence-electron chi connectivity index (χ2n) is 10.4. The van der Waals surface area contributed by atoms with Gasteiger partial charge in [-0.25, -0.2) is 4.79 Å². The minimum absolute atomic E-state index is 0.121. The van der Waals surface area contributed by atoms with Crippen molar-refractivity contribution in [3.63, 3.8) is 0 Å². The van der Waals surface area contributed by atoms with Crippen molar-refractivity contribution in [3.05, 3.63) is 87.8 Å². The molecule has 0 spiro atoms. The molecule has 0 N–H and O–H groups in total. The highest BCUT2D eigenvalue weighted by Gasteiger charge is 2.21. The summed E-state index contributed by atoms with van der Waals surface area (Å²) in [6, 6.07) is 17.6. The van der Waals surface area contributed by atoms with Gasteiger partial charge in [0.2, 0.25) is 0 Å². The molecule has 0 radical (unpaired) electrons. The second-order valence-corrected chi connectivity index (χ2v) is 10.4. The van der Waals surface area contributed by atoms with Crippen LogP contribution in [0.2, 0.25) is 0 Å². The maximum atomic E-state index is 13.3. The van der Waals surface area contributed by atoms with Crippen LogP contribution in [0.15, 0.2) is 69.9 Å². The molecule has 0 aliphatic carbocycles. The quantitative estimate of drug-likeness (QED) is 0.120. The largest absolute Gasteiger partial charge is 0.496 e. The SMILES string of the molecule is COc1ccc(C(=O)Cc2cc3ccc(OC4CCN(C)CC4)c(C)c3oc2=O)cc1-c1cccc(OC(C)=O)c1. The number of methoxy groups -OCH3 is 1. The van der Waals surface area contributed by atoms with Crippen molar-refractivity contribution in [1.29, 1.82) is 0 Å². The van der Waals surface area contributed by atoms with Gasteiger partial charge in [-0.3, -0.25) is 9.59 Å². The summed E-state index contributed by atoms with van der Waals surface area (Å²) in [4.78, 5) is 40.0. The second kappa shape index (κ2) is 12.0. The van der Waals surface area contributed by atoms with Crippen molar-refractivity contribution >= 4 is 22.7 Å². The molecule has 5 rings (SSSR count). The van der Waals surface area contributed by atoms with E-state index in [1.165, 1.54) is 6.92 Å². The Labute approximate surface area is 238 Å². The van der Waals surface area contributed by atoms with E-state index in [1.54, 1.807) is 49.6 Å². The Morgan fingerprint density at radius 2 is 1.76 bits per heavy atom. The lowest BCUT2D eigenvalue weighted by atomic mass is 9.97. The number of likely N-dealkylation sites (tertiary alicyclic amines) is 1. The number of aryl methyl sites for hydroxylation is 1. The van der Waals surface area contributed by atoms with Crippen molar-refractivity contribution in [2.45, 2.75) is 39.2 Å². The Balaban J connectivity index is 1.39. The van der Waals surface area contributed by atoms with E-state index in [4.69, 9.17) is 18.6 Å². The van der Waals surface area contributed by atoms with Crippen LogP contribution in [-0.4, -0.2) is 50.0 Å². The van der Waals surface area contributed by atoms with Crippen LogP contribution in [0.25, 0.3) is 22.1 Å². The molecule has 8 nitrogen and oxygen atoms in total. The molecular formula is C33H33NO7. The fourth-order valence-corrected chi connectivity index (χ4v) is 5.16. The lowest BCUT2D eigenvalue weighted by molar-refractivity contribution is -0.131. The minimum atomic E-state index is -0.548. The molecule has 0 atom stereocenters. The van der Waals surface area contributed by atoms with Crippen molar-refractivity contribution in [3.8, 4) is 28.4 Å². The molecule has 1 aliphatic rings. The van der Waals surface area contributed by atoms with Crippen LogP contribution in [0, 0.1) is 6.92 Å². The van der Waals surface area contributed by atoms with Crippen molar-refractivity contribution < 1.29 is 28.2 Å². The van der Waals surface area contributed by atoms with Gasteiger partial charge in [-0.2, -0.15) is 0 Å². The van der Waals surface area contributed by atoms with Gasteiger partial charge in [0.25, 0.3) is 0 Å². The lowest BCUT2D eigenvalue weighted by Crippen LogP contribution is -2.35. The van der Waals surface area contributed by atoms with Crippen LogP contribution in [0.3, 0.4) is 0 Å². The number of Topliss-reactive ketones (excluding diaryl/α,β-unsaturated/α-hetero) is 1. The number of nitrogens with zero attached hydrogens (tertiary/aromatic N) is 1. The first-order valence-corrected chi connectivity index (χ1v) is 13.6. The van der Waals surface area contributed by atoms with E-state index >= 15 is 0 Å². The number of benzene rings is 3. The monoisotopic (exact) mass is 555 g/mol. The van der Waals surface area contributed by atoms with Gasteiger partial charge in [0.1, 0.15) is 28.9 Å². The zero-order chi connectivity index (χ0) is 29.1. The van der Waals surface area contributed by atoms with E-state index in [1.807, 2.05) is 25.1 Å². The van der Waals surface area contributed by atoms with Crippen LogP contribution in [-0.2, 0) is 11.2 Å². The van der Waals surface area contributed by atoms with Crippen molar-refractivity contribution in [2.24, 2.45) is 0 Å². The molecule has 0 unspecified atom stereocenters. The van der Waals surface area contributed by atoms with E-state index in [0.29, 0.717) is 39.5 Å². The Morgan fingerprint density at radius 1 is 1.00 bits per heavy atom. The Morgan fingerprint density at radius 3 is 2.49 bits per heavy atom. The number of hydrogen-bond acceptors (Lipinski definition) is 8. The number of ether oxygens (including phenoxy) is 3. The number of piperidine rings is 1. The minimum Gasteiger partial charge on any atom is -0.496 e. The molecule has 8 heteroatoms. The van der Waals surface area contributed by atoms with Gasteiger partial charge in [-0.1, -0.05) is 12.1 Å². The Kier molecular flexibility index (Phi) is 8.21. The zero-order valence-electron chi connectivity index (χ0n) is 23.7. The molecular weight excluding hydrogens is 522 g/mol. The van der Waals surface area contributed by atoms with Crippen LogP contribution < -0.4 is 19.8 Å². The third-order valence-corrected chi connectivity index (χ3v) is 7.41. The lowest BCUT2D eigenvalue weighted by Gasteiger charge is -2.29. The van der Waals surface area contributed by atoms with E-state index in [2.05, 4.69) is 11.9 Å². The fourth-order valence-electron chi connectivity index (χ4n) is 5.16. The van der Waals surface area contributed by atoms with Gasteiger partial charge in [0, 0.05) is 54.1 Å². The first-order valence-electron chi connectivity index (χ1n) is 13.6. The summed E-state index contributed by atoms with van der Waals surface area (Å²) in [5.74, 6) is 0.986. The van der Waals surface area contributed by atoms with Gasteiger partial charge in [-0.05, 0) is 80.9 Å². The molecule has 41 heavy (non-hydrogen) atoms. The molecule has 2 heterocycles. The topological polar surface area (TPSA) is 95.3 Å². The number of carbonyl (C=O) groups is 2. The molecule has 1 aromatic heterocycles. The molecule has 0 amide bonds. The maximum absolute atomic E-state index is 13.3. The number of ketones is 1. The maximum Gasteiger partial charge on any atom is 0.339 e. The summed E-state index contributed by atoms with van der Waals surface area (Å²) in [6.45, 7) is 5.19. The summed E-state index contributed by atoms with van der Waals surface area (Å²) >= 11 is 0. The van der Waals surface area contributed by atoms with E-state index in [0.717, 1.165) is 36.9 Å². The number of rotatable bonds is 8. The Hall–Kier alpha value is -4.43. The highest BCUT2D eigenvalue weighted by Crippen LogP contribution is 2.34. The van der Waals surface area contributed by atoms with E-state index in [-0.39, 0.29) is 23.9 Å². The van der Waals surface area contributed by atoms with Gasteiger partial charge in [0.15, 0.2) is 5.78 Å². The average molecular weight is 556 g/mol. The van der Waals surface area contributed by atoms with Crippen molar-refractivity contribution in [1.82, 2.24) is 4.90 Å². The number of hydrogen-bond donors (Lipinski definition) is 0. The van der Waals surface area contributed by atoms with E-state index < -0.39 is 11.6 Å². The fraction of sp³-hybridized carbons (Fsp3) is 0.303. The zero-order valence-corrected chi connectivity index (χ0v) is 23.7. The first-order chi connectivity index (χ1) is 19.7. The molecule has 1 saturated heterocycles. The van der Waals surface area contributed by atoms with Crippen LogP contribution in [0.4, 0.5) is 0 Å². The number of esters is 1. The highest BCUT2D eigenvalue weighted by molar-refractivity contribution is 5.99. The molecule has 0 saturated carbocycles. The summed E-state index contributed by atoms with van der Waals surface area (Å²) in [5.41, 5.74) is 2.76. The van der Waals surface area contributed by atoms with Crippen molar-refractivity contribution in [2.75, 3.05) is 27.2 Å². The molecule has 1 aliphatic heterocycles. The van der Waals surface area contributed by atoms with Gasteiger partial charge < -0.3 is 23.5 Å². The molecule has 0 bridgehead atoms. The van der Waals surface area contributed by atoms with Gasteiger partial charge >= 0.3 is 11.6 Å². The molecule has 3 aromatic carbocycles. The third kappa shape index (κ3) is 6.33. The summed E-state index contributed by atoms with van der Waals surface area (Å²) < 4.78 is 22.7. The highest BCUT2D eigenvalue weighted by atomic mass is 16.5. The summed E-state index contributed by atoms with van der Waals surface area (Å²) in [6.07, 6.45) is 1.90. The van der Waals surface area contributed by atoms with E-state index in [9.17, 15) is 14.4 Å². The number of fused-ring (bicyclic) bond motifs is 1. The first kappa shape index (κ1) is 28.1. The third-order valence-electron chi connectivity index (χ3n) is 7.41. The normalized spacial score (nSPS) is 14.1. The van der Waals surface area contributed by atoms with Crippen LogP contribution >= 0.6 is 0 Å². The summed E-state index contributed by atoms with van der Waals surface area (Å²) in [7, 11) is 3.65. The average Bonchev–Trinajstić information content (AvgIpc) is 2.96. The Bertz CT molecular complexity index is 1660. The standard InChI is InChI=1S/C33H33NO7/c1-20-30(40-26-12-14-34(3)15-13-26)10-9-24-16-25(33(37)41-32(20)24)19-29(36)23-8-11-31(38-4)28(18-23)22-6-5-7-27(17-22)39-21(2)35/h5-11,16-18,26H,12-15,19H2,1-4H3. The molecule has 4 aromatic rings. The van der Waals surface area contributed by atoms with Crippen LogP contribution in [0.1, 0.15) is 41.3 Å². The predicted molar refractivity (Wildman–Crippen MR) is 156 cm³/mol. The molecule has 212 valence electrons. The van der Waals surface area contributed by atoms with Gasteiger partial charge in [0.05, 0.1) is 7.11 Å². The van der Waals surface area contributed by atoms with Gasteiger partial charge in [-0.15, -0.1) is 0 Å². The summed E-state index contributed by atoms with van der Waals surface area (Å²) in [5, 5.41) is 0.735.